The first-order chi connectivity index (χ1) is 18.0. The Morgan fingerprint density at radius 1 is 0.946 bits per heavy atom. The number of benzene rings is 2. The summed E-state index contributed by atoms with van der Waals surface area (Å²) in [4.78, 5) is 15.8. The Kier molecular flexibility index (Phi) is 7.01. The van der Waals surface area contributed by atoms with E-state index in [4.69, 9.17) is 14.5 Å². The van der Waals surface area contributed by atoms with Crippen molar-refractivity contribution in [1.82, 2.24) is 24.7 Å². The predicted molar refractivity (Wildman–Crippen MR) is 147 cm³/mol. The smallest absolute Gasteiger partial charge is 0.124 e. The van der Waals surface area contributed by atoms with Gasteiger partial charge in [-0.1, -0.05) is 11.8 Å². The van der Waals surface area contributed by atoms with Gasteiger partial charge in [-0.25, -0.2) is 9.97 Å². The summed E-state index contributed by atoms with van der Waals surface area (Å²) in [6.07, 6.45) is 7.18. The van der Waals surface area contributed by atoms with Crippen LogP contribution in [-0.2, 0) is 7.05 Å². The van der Waals surface area contributed by atoms with E-state index in [0.717, 1.165) is 39.2 Å². The minimum atomic E-state index is 0.402. The van der Waals surface area contributed by atoms with Gasteiger partial charge in [-0.3, -0.25) is 9.67 Å². The fourth-order valence-electron chi connectivity index (χ4n) is 3.83. The average molecular weight is 555 g/mol. The number of hydrogen-bond acceptors (Lipinski definition) is 7. The molecular weight excluding hydrogens is 532 g/mol. The molecule has 0 aliphatic carbocycles. The first kappa shape index (κ1) is 24.3. The van der Waals surface area contributed by atoms with Gasteiger partial charge in [0, 0.05) is 54.6 Å². The molecule has 0 fully saturated rings. The number of nitrogens with zero attached hydrogens (tertiary/aromatic N) is 6. The molecule has 5 rings (SSSR count). The van der Waals surface area contributed by atoms with Crippen LogP contribution in [0, 0.1) is 11.8 Å². The molecule has 0 saturated carbocycles. The normalized spacial score (nSPS) is 10.6. The number of fused-ring (bicyclic) bond motifs is 1. The summed E-state index contributed by atoms with van der Waals surface area (Å²) in [6.45, 7) is 0.402. The van der Waals surface area contributed by atoms with Crippen LogP contribution in [0.15, 0.2) is 77.9 Å². The van der Waals surface area contributed by atoms with E-state index in [1.54, 1.807) is 37.5 Å². The Balaban J connectivity index is 1.59. The minimum Gasteiger partial charge on any atom is -0.497 e. The van der Waals surface area contributed by atoms with Crippen LogP contribution in [-0.4, -0.2) is 45.5 Å². The summed E-state index contributed by atoms with van der Waals surface area (Å²) in [5.74, 6) is 7.85. The topological polar surface area (TPSA) is 78.2 Å². The van der Waals surface area contributed by atoms with E-state index in [-0.39, 0.29) is 0 Å². The van der Waals surface area contributed by atoms with Crippen LogP contribution in [0.3, 0.4) is 0 Å². The van der Waals surface area contributed by atoms with Gasteiger partial charge in [0.25, 0.3) is 0 Å². The molecular formula is C28H23BrN6O2. The molecule has 0 aliphatic rings. The van der Waals surface area contributed by atoms with Gasteiger partial charge >= 0.3 is 0 Å². The Labute approximate surface area is 223 Å². The van der Waals surface area contributed by atoms with Crippen molar-refractivity contribution in [1.29, 1.82) is 0 Å². The molecule has 9 heteroatoms. The number of methoxy groups -OCH3 is 2. The summed E-state index contributed by atoms with van der Waals surface area (Å²) in [7, 11) is 5.14. The van der Waals surface area contributed by atoms with Gasteiger partial charge in [-0.2, -0.15) is 5.10 Å². The van der Waals surface area contributed by atoms with E-state index in [1.807, 2.05) is 61.8 Å². The van der Waals surface area contributed by atoms with Gasteiger partial charge in [0.1, 0.15) is 16.1 Å². The standard InChI is InChI=1S/C28H23BrN6O2/c1-34-18-20(16-32-34)27-17-31-25-9-8-21(14-26(25)33-27)35(11-5-7-19-6-4-10-30-28(19)29)22-12-23(36-2)15-24(13-22)37-3/h4,6,8-10,12-18H,11H2,1-3H3. The van der Waals surface area contributed by atoms with Crippen molar-refractivity contribution in [3.8, 4) is 34.6 Å². The zero-order valence-electron chi connectivity index (χ0n) is 20.5. The Morgan fingerprint density at radius 2 is 1.76 bits per heavy atom. The first-order valence-electron chi connectivity index (χ1n) is 11.4. The van der Waals surface area contributed by atoms with Crippen molar-refractivity contribution in [3.05, 3.63) is 83.5 Å². The lowest BCUT2D eigenvalue weighted by atomic mass is 10.2. The van der Waals surface area contributed by atoms with E-state index in [0.29, 0.717) is 22.6 Å². The van der Waals surface area contributed by atoms with Crippen LogP contribution in [0.25, 0.3) is 22.3 Å². The molecule has 37 heavy (non-hydrogen) atoms. The molecule has 3 heterocycles. The largest absolute Gasteiger partial charge is 0.497 e. The molecule has 3 aromatic heterocycles. The van der Waals surface area contributed by atoms with E-state index in [9.17, 15) is 0 Å². The molecule has 2 aromatic carbocycles. The predicted octanol–water partition coefficient (Wildman–Crippen LogP) is 5.39. The molecule has 0 amide bonds. The highest BCUT2D eigenvalue weighted by molar-refractivity contribution is 9.10. The molecule has 0 radical (unpaired) electrons. The maximum atomic E-state index is 5.52. The lowest BCUT2D eigenvalue weighted by Gasteiger charge is -2.24. The summed E-state index contributed by atoms with van der Waals surface area (Å²) in [6, 6.07) is 15.5. The highest BCUT2D eigenvalue weighted by Gasteiger charge is 2.14. The summed E-state index contributed by atoms with van der Waals surface area (Å²) >= 11 is 3.46. The number of pyridine rings is 1. The van der Waals surface area contributed by atoms with E-state index in [2.05, 4.69) is 47.7 Å². The molecule has 0 saturated heterocycles. The number of ether oxygens (including phenoxy) is 2. The number of aromatic nitrogens is 5. The quantitative estimate of drug-likeness (QED) is 0.205. The fraction of sp³-hybridized carbons (Fsp3) is 0.143. The number of aryl methyl sites for hydroxylation is 1. The van der Waals surface area contributed by atoms with Crippen molar-refractivity contribution in [2.75, 3.05) is 25.7 Å². The van der Waals surface area contributed by atoms with E-state index in [1.165, 1.54) is 0 Å². The van der Waals surface area contributed by atoms with Crippen LogP contribution in [0.4, 0.5) is 11.4 Å². The molecule has 0 unspecified atom stereocenters. The Hall–Kier alpha value is -4.42. The van der Waals surface area contributed by atoms with Gasteiger partial charge in [0.2, 0.25) is 0 Å². The van der Waals surface area contributed by atoms with Crippen molar-refractivity contribution in [3.63, 3.8) is 0 Å². The zero-order chi connectivity index (χ0) is 25.8. The second-order valence-electron chi connectivity index (χ2n) is 8.13. The highest BCUT2D eigenvalue weighted by Crippen LogP contribution is 2.34. The molecule has 184 valence electrons. The van der Waals surface area contributed by atoms with Crippen molar-refractivity contribution in [2.24, 2.45) is 7.05 Å². The van der Waals surface area contributed by atoms with Gasteiger partial charge in [0.05, 0.1) is 55.4 Å². The molecule has 5 aromatic rings. The van der Waals surface area contributed by atoms with Crippen molar-refractivity contribution >= 4 is 38.3 Å². The molecule has 0 N–H and O–H groups in total. The molecule has 0 aliphatic heterocycles. The minimum absolute atomic E-state index is 0.402. The Bertz CT molecular complexity index is 1620. The second-order valence-corrected chi connectivity index (χ2v) is 8.88. The van der Waals surface area contributed by atoms with Gasteiger partial charge in [-0.15, -0.1) is 0 Å². The summed E-state index contributed by atoms with van der Waals surface area (Å²) in [5.41, 5.74) is 5.81. The number of rotatable bonds is 6. The molecule has 8 nitrogen and oxygen atoms in total. The monoisotopic (exact) mass is 554 g/mol. The third-order valence-corrected chi connectivity index (χ3v) is 6.34. The van der Waals surface area contributed by atoms with Crippen LogP contribution in [0.1, 0.15) is 5.56 Å². The molecule has 0 atom stereocenters. The van der Waals surface area contributed by atoms with Crippen molar-refractivity contribution in [2.45, 2.75) is 0 Å². The lowest BCUT2D eigenvalue weighted by Crippen LogP contribution is -2.17. The maximum absolute atomic E-state index is 5.52. The molecule has 0 spiro atoms. The highest BCUT2D eigenvalue weighted by atomic mass is 79.9. The van der Waals surface area contributed by atoms with Gasteiger partial charge < -0.3 is 14.4 Å². The zero-order valence-corrected chi connectivity index (χ0v) is 22.1. The summed E-state index contributed by atoms with van der Waals surface area (Å²) in [5, 5.41) is 4.25. The van der Waals surface area contributed by atoms with Gasteiger partial charge in [-0.05, 0) is 46.3 Å². The van der Waals surface area contributed by atoms with Crippen molar-refractivity contribution < 1.29 is 9.47 Å². The van der Waals surface area contributed by atoms with Crippen LogP contribution in [0.2, 0.25) is 0 Å². The van der Waals surface area contributed by atoms with E-state index >= 15 is 0 Å². The maximum Gasteiger partial charge on any atom is 0.124 e. The second kappa shape index (κ2) is 10.7. The van der Waals surface area contributed by atoms with Crippen LogP contribution in [0.5, 0.6) is 11.5 Å². The SMILES string of the molecule is COc1cc(OC)cc(N(CC#Cc2cccnc2Br)c2ccc3ncc(-c4cnn(C)c4)nc3c2)c1. The first-order valence-corrected chi connectivity index (χ1v) is 12.2. The number of anilines is 2. The van der Waals surface area contributed by atoms with Gasteiger partial charge in [0.15, 0.2) is 0 Å². The summed E-state index contributed by atoms with van der Waals surface area (Å²) < 4.78 is 13.5. The van der Waals surface area contributed by atoms with Crippen LogP contribution < -0.4 is 14.4 Å². The average Bonchev–Trinajstić information content (AvgIpc) is 3.37. The molecule has 0 bridgehead atoms. The van der Waals surface area contributed by atoms with Crippen LogP contribution >= 0.6 is 15.9 Å². The third kappa shape index (κ3) is 5.39. The van der Waals surface area contributed by atoms with E-state index < -0.39 is 0 Å². The number of halogens is 1. The number of hydrogen-bond donors (Lipinski definition) is 0. The Morgan fingerprint density at radius 3 is 2.46 bits per heavy atom. The lowest BCUT2D eigenvalue weighted by molar-refractivity contribution is 0.394. The fourth-order valence-corrected chi connectivity index (χ4v) is 4.18. The third-order valence-electron chi connectivity index (χ3n) is 5.71.